The Labute approximate surface area is 184 Å². The number of methoxy groups -OCH3 is 1. The van der Waals surface area contributed by atoms with Crippen LogP contribution in [0.15, 0.2) is 29.1 Å². The van der Waals surface area contributed by atoms with E-state index < -0.39 is 23.8 Å². The van der Waals surface area contributed by atoms with E-state index in [0.29, 0.717) is 49.9 Å². The lowest BCUT2D eigenvalue weighted by Gasteiger charge is -2.37. The lowest BCUT2D eigenvalue weighted by atomic mass is 10.00. The molecule has 2 aromatic rings. The van der Waals surface area contributed by atoms with Crippen LogP contribution in [0.25, 0.3) is 0 Å². The van der Waals surface area contributed by atoms with E-state index in [1.165, 1.54) is 9.47 Å². The van der Waals surface area contributed by atoms with Crippen LogP contribution < -0.4 is 20.1 Å². The molecule has 0 radical (unpaired) electrons. The number of hydrogen-bond acceptors (Lipinski definition) is 6. The number of ether oxygens (including phenoxy) is 2. The van der Waals surface area contributed by atoms with Gasteiger partial charge in [-0.25, -0.2) is 0 Å². The van der Waals surface area contributed by atoms with Gasteiger partial charge in [0.1, 0.15) is 11.6 Å². The summed E-state index contributed by atoms with van der Waals surface area (Å²) in [6.45, 7) is 4.41. The first kappa shape index (κ1) is 22.4. The van der Waals surface area contributed by atoms with E-state index in [2.05, 4.69) is 4.98 Å². The van der Waals surface area contributed by atoms with Gasteiger partial charge < -0.3 is 19.3 Å². The molecule has 0 saturated carbocycles. The maximum atomic E-state index is 14.2. The normalized spacial score (nSPS) is 21.1. The molecular formula is C22H27F3N4O3. The van der Waals surface area contributed by atoms with Crippen molar-refractivity contribution in [2.24, 2.45) is 0 Å². The quantitative estimate of drug-likeness (QED) is 0.696. The summed E-state index contributed by atoms with van der Waals surface area (Å²) in [5, 5.41) is 0. The fourth-order valence-electron chi connectivity index (χ4n) is 4.30. The highest BCUT2D eigenvalue weighted by Gasteiger charge is 2.59. The van der Waals surface area contributed by atoms with Crippen LogP contribution in [0, 0.1) is 6.92 Å². The van der Waals surface area contributed by atoms with Crippen molar-refractivity contribution in [3.63, 3.8) is 0 Å². The molecule has 0 spiro atoms. The van der Waals surface area contributed by atoms with E-state index >= 15 is 0 Å². The number of hydrogen-bond donors (Lipinski definition) is 0. The monoisotopic (exact) mass is 452 g/mol. The molecular weight excluding hydrogens is 425 g/mol. The second kappa shape index (κ2) is 8.31. The first-order valence-corrected chi connectivity index (χ1v) is 10.6. The van der Waals surface area contributed by atoms with Crippen LogP contribution in [-0.4, -0.2) is 61.2 Å². The van der Waals surface area contributed by atoms with Crippen LogP contribution in [0.4, 0.5) is 24.9 Å². The standard InChI is InChI=1S/C22H27F3N4O3/c1-15-18(27-10-12-32-13-11-27)26-20-28(19(15)30)14-21(2,22(23,24)25)29(20)9-8-16-4-6-17(31-3)7-5-16/h4-7H,8-14H2,1-3H3/t21-/m0/s1. The number of nitrogens with zero attached hydrogens (tertiary/aromatic N) is 4. The Morgan fingerprint density at radius 1 is 1.19 bits per heavy atom. The first-order valence-electron chi connectivity index (χ1n) is 10.6. The molecule has 2 aliphatic rings. The van der Waals surface area contributed by atoms with Gasteiger partial charge in [0.15, 0.2) is 5.54 Å². The van der Waals surface area contributed by atoms with Gasteiger partial charge in [0.05, 0.1) is 32.4 Å². The maximum absolute atomic E-state index is 14.2. The average Bonchev–Trinajstić information content (AvgIpc) is 3.08. The lowest BCUT2D eigenvalue weighted by molar-refractivity contribution is -0.182. The van der Waals surface area contributed by atoms with Crippen LogP contribution in [-0.2, 0) is 17.7 Å². The number of rotatable bonds is 5. The molecule has 174 valence electrons. The molecule has 1 atom stereocenters. The topological polar surface area (TPSA) is 59.8 Å². The highest BCUT2D eigenvalue weighted by Crippen LogP contribution is 2.43. The summed E-state index contributed by atoms with van der Waals surface area (Å²) in [6.07, 6.45) is -4.17. The Hall–Kier alpha value is -2.75. The molecule has 0 bridgehead atoms. The van der Waals surface area contributed by atoms with Gasteiger partial charge in [-0.05, 0) is 38.0 Å². The predicted molar refractivity (Wildman–Crippen MR) is 115 cm³/mol. The summed E-state index contributed by atoms with van der Waals surface area (Å²) < 4.78 is 54.4. The van der Waals surface area contributed by atoms with E-state index in [0.717, 1.165) is 12.5 Å². The van der Waals surface area contributed by atoms with Gasteiger partial charge in [-0.2, -0.15) is 18.2 Å². The second-order valence-corrected chi connectivity index (χ2v) is 8.37. The van der Waals surface area contributed by atoms with E-state index in [4.69, 9.17) is 9.47 Å². The fraction of sp³-hybridized carbons (Fsp3) is 0.545. The summed E-state index contributed by atoms with van der Waals surface area (Å²) in [6, 6.07) is 7.21. The molecule has 0 aliphatic carbocycles. The largest absolute Gasteiger partial charge is 0.497 e. The van der Waals surface area contributed by atoms with Gasteiger partial charge in [0, 0.05) is 19.6 Å². The zero-order chi connectivity index (χ0) is 23.1. The zero-order valence-electron chi connectivity index (χ0n) is 18.4. The van der Waals surface area contributed by atoms with Gasteiger partial charge >= 0.3 is 6.18 Å². The Morgan fingerprint density at radius 2 is 1.84 bits per heavy atom. The van der Waals surface area contributed by atoms with Gasteiger partial charge in [-0.15, -0.1) is 0 Å². The van der Waals surface area contributed by atoms with Crippen molar-refractivity contribution in [3.05, 3.63) is 45.7 Å². The number of morpholine rings is 1. The minimum absolute atomic E-state index is 0.0652. The third kappa shape index (κ3) is 3.80. The molecule has 4 rings (SSSR count). The SMILES string of the molecule is COc1ccc(CCN2c3nc(N4CCOCC4)c(C)c(=O)n3C[C@@]2(C)C(F)(F)F)cc1. The van der Waals surface area contributed by atoms with E-state index in [1.807, 2.05) is 17.0 Å². The molecule has 0 N–H and O–H groups in total. The van der Waals surface area contributed by atoms with Gasteiger partial charge in [0.2, 0.25) is 5.95 Å². The van der Waals surface area contributed by atoms with Crippen LogP contribution in [0.5, 0.6) is 5.75 Å². The van der Waals surface area contributed by atoms with E-state index in [9.17, 15) is 18.0 Å². The van der Waals surface area contributed by atoms with E-state index in [1.54, 1.807) is 26.2 Å². The zero-order valence-corrected chi connectivity index (χ0v) is 18.4. The minimum atomic E-state index is -4.54. The maximum Gasteiger partial charge on any atom is 0.413 e. The van der Waals surface area contributed by atoms with Crippen molar-refractivity contribution in [1.82, 2.24) is 9.55 Å². The molecule has 1 aromatic heterocycles. The number of anilines is 2. The lowest BCUT2D eigenvalue weighted by Crippen LogP contribution is -2.56. The molecule has 10 heteroatoms. The molecule has 7 nitrogen and oxygen atoms in total. The number of halogens is 3. The number of alkyl halides is 3. The van der Waals surface area contributed by atoms with Gasteiger partial charge in [-0.1, -0.05) is 12.1 Å². The number of aromatic nitrogens is 2. The van der Waals surface area contributed by atoms with Crippen LogP contribution in [0.1, 0.15) is 18.1 Å². The summed E-state index contributed by atoms with van der Waals surface area (Å²) in [5.74, 6) is 1.18. The molecule has 0 amide bonds. The molecule has 3 heterocycles. The van der Waals surface area contributed by atoms with Crippen molar-refractivity contribution in [3.8, 4) is 5.75 Å². The van der Waals surface area contributed by atoms with Crippen molar-refractivity contribution in [2.75, 3.05) is 49.8 Å². The molecule has 1 fully saturated rings. The third-order valence-corrected chi connectivity index (χ3v) is 6.36. The van der Waals surface area contributed by atoms with E-state index in [-0.39, 0.29) is 12.5 Å². The van der Waals surface area contributed by atoms with Crippen molar-refractivity contribution in [2.45, 2.75) is 38.5 Å². The molecule has 1 aromatic carbocycles. The van der Waals surface area contributed by atoms with Crippen LogP contribution in [0.2, 0.25) is 0 Å². The van der Waals surface area contributed by atoms with Crippen molar-refractivity contribution in [1.29, 1.82) is 0 Å². The highest BCUT2D eigenvalue weighted by atomic mass is 19.4. The summed E-state index contributed by atoms with van der Waals surface area (Å²) >= 11 is 0. The van der Waals surface area contributed by atoms with Crippen molar-refractivity contribution < 1.29 is 22.6 Å². The Balaban J connectivity index is 1.72. The summed E-state index contributed by atoms with van der Waals surface area (Å²) in [7, 11) is 1.56. The van der Waals surface area contributed by atoms with Gasteiger partial charge in [-0.3, -0.25) is 9.36 Å². The highest BCUT2D eigenvalue weighted by molar-refractivity contribution is 5.54. The molecule has 0 unspecified atom stereocenters. The Kier molecular flexibility index (Phi) is 5.83. The Bertz CT molecular complexity index is 1030. The molecule has 32 heavy (non-hydrogen) atoms. The first-order chi connectivity index (χ1) is 15.2. The van der Waals surface area contributed by atoms with Crippen LogP contribution >= 0.6 is 0 Å². The van der Waals surface area contributed by atoms with Gasteiger partial charge in [0.25, 0.3) is 5.56 Å². The number of fused-ring (bicyclic) bond motifs is 1. The molecule has 2 aliphatic heterocycles. The summed E-state index contributed by atoms with van der Waals surface area (Å²) in [4.78, 5) is 20.8. The fourth-order valence-corrected chi connectivity index (χ4v) is 4.30. The average molecular weight is 452 g/mol. The molecule has 1 saturated heterocycles. The Morgan fingerprint density at radius 3 is 2.44 bits per heavy atom. The third-order valence-electron chi connectivity index (χ3n) is 6.36. The van der Waals surface area contributed by atoms with Crippen molar-refractivity contribution >= 4 is 11.8 Å². The summed E-state index contributed by atoms with van der Waals surface area (Å²) in [5.41, 5.74) is -1.43. The predicted octanol–water partition coefficient (Wildman–Crippen LogP) is 2.78. The smallest absolute Gasteiger partial charge is 0.413 e. The minimum Gasteiger partial charge on any atom is -0.497 e. The number of benzene rings is 1. The van der Waals surface area contributed by atoms with Crippen LogP contribution in [0.3, 0.4) is 0 Å². The second-order valence-electron chi connectivity index (χ2n) is 8.37.